The Balaban J connectivity index is 1.98. The number of nitrogens with one attached hydrogen (secondary N) is 1. The van der Waals surface area contributed by atoms with E-state index in [9.17, 15) is 10.1 Å². The molecular formula is C15H22N2O3. The molecule has 2 rings (SSSR count). The minimum Gasteiger partial charge on any atom is -0.487 e. The van der Waals surface area contributed by atoms with Crippen LogP contribution in [0.25, 0.3) is 0 Å². The number of rotatable bonds is 9. The SMILES string of the molecule is CCCNCc1ccc([N+](=O)[O-])c(OCCC2CC2)c1. The van der Waals surface area contributed by atoms with Gasteiger partial charge in [-0.2, -0.15) is 0 Å². The lowest BCUT2D eigenvalue weighted by Gasteiger charge is -2.09. The Morgan fingerprint density at radius 3 is 2.90 bits per heavy atom. The molecule has 1 aliphatic rings. The largest absolute Gasteiger partial charge is 0.487 e. The Hall–Kier alpha value is -1.62. The summed E-state index contributed by atoms with van der Waals surface area (Å²) in [5.41, 5.74) is 1.07. The Bertz CT molecular complexity index is 458. The first-order valence-corrected chi connectivity index (χ1v) is 7.31. The smallest absolute Gasteiger partial charge is 0.310 e. The van der Waals surface area contributed by atoms with Gasteiger partial charge < -0.3 is 10.1 Å². The van der Waals surface area contributed by atoms with Gasteiger partial charge in [-0.3, -0.25) is 10.1 Å². The van der Waals surface area contributed by atoms with E-state index in [0.717, 1.165) is 30.9 Å². The van der Waals surface area contributed by atoms with Crippen LogP contribution in [0.1, 0.15) is 38.2 Å². The highest BCUT2D eigenvalue weighted by Crippen LogP contribution is 2.33. The number of nitro benzene ring substituents is 1. The predicted octanol–water partition coefficient (Wildman–Crippen LogP) is 3.27. The predicted molar refractivity (Wildman–Crippen MR) is 77.9 cm³/mol. The molecule has 1 fully saturated rings. The molecule has 0 atom stereocenters. The number of ether oxygens (including phenoxy) is 1. The third-order valence-electron chi connectivity index (χ3n) is 3.46. The van der Waals surface area contributed by atoms with Crippen LogP contribution in [-0.2, 0) is 6.54 Å². The van der Waals surface area contributed by atoms with Gasteiger partial charge in [-0.25, -0.2) is 0 Å². The van der Waals surface area contributed by atoms with Gasteiger partial charge in [-0.05, 0) is 36.9 Å². The van der Waals surface area contributed by atoms with Crippen molar-refractivity contribution in [2.75, 3.05) is 13.2 Å². The zero-order chi connectivity index (χ0) is 14.4. The summed E-state index contributed by atoms with van der Waals surface area (Å²) in [5, 5.41) is 14.3. The fourth-order valence-electron chi connectivity index (χ4n) is 2.09. The Morgan fingerprint density at radius 2 is 2.25 bits per heavy atom. The topological polar surface area (TPSA) is 64.4 Å². The molecule has 1 saturated carbocycles. The maximum absolute atomic E-state index is 11.0. The third-order valence-corrected chi connectivity index (χ3v) is 3.46. The van der Waals surface area contributed by atoms with E-state index in [1.807, 2.05) is 0 Å². The van der Waals surface area contributed by atoms with Crippen LogP contribution in [0.4, 0.5) is 5.69 Å². The zero-order valence-electron chi connectivity index (χ0n) is 11.9. The van der Waals surface area contributed by atoms with Gasteiger partial charge in [-0.15, -0.1) is 0 Å². The second-order valence-corrected chi connectivity index (χ2v) is 5.32. The minimum atomic E-state index is -0.379. The second-order valence-electron chi connectivity index (χ2n) is 5.32. The van der Waals surface area contributed by atoms with Gasteiger partial charge in [-0.1, -0.05) is 25.8 Å². The monoisotopic (exact) mass is 278 g/mol. The lowest BCUT2D eigenvalue weighted by molar-refractivity contribution is -0.385. The number of nitrogens with zero attached hydrogens (tertiary/aromatic N) is 1. The van der Waals surface area contributed by atoms with Crippen LogP contribution in [0, 0.1) is 16.0 Å². The number of hydrogen-bond acceptors (Lipinski definition) is 4. The third kappa shape index (κ3) is 4.49. The molecule has 0 amide bonds. The van der Waals surface area contributed by atoms with Crippen molar-refractivity contribution in [2.24, 2.45) is 5.92 Å². The van der Waals surface area contributed by atoms with Crippen LogP contribution < -0.4 is 10.1 Å². The van der Waals surface area contributed by atoms with Gasteiger partial charge in [0.2, 0.25) is 0 Å². The highest BCUT2D eigenvalue weighted by molar-refractivity contribution is 5.48. The molecule has 0 bridgehead atoms. The Morgan fingerprint density at radius 1 is 1.45 bits per heavy atom. The normalized spacial score (nSPS) is 14.2. The molecule has 110 valence electrons. The van der Waals surface area contributed by atoms with Crippen molar-refractivity contribution in [3.8, 4) is 5.75 Å². The molecule has 1 aliphatic carbocycles. The van der Waals surface area contributed by atoms with Crippen LogP contribution >= 0.6 is 0 Å². The van der Waals surface area contributed by atoms with Crippen molar-refractivity contribution in [3.63, 3.8) is 0 Å². The van der Waals surface area contributed by atoms with Crippen LogP contribution in [-0.4, -0.2) is 18.1 Å². The summed E-state index contributed by atoms with van der Waals surface area (Å²) in [4.78, 5) is 10.6. The molecular weight excluding hydrogens is 256 g/mol. The minimum absolute atomic E-state index is 0.0556. The molecule has 0 spiro atoms. The van der Waals surface area contributed by atoms with Crippen molar-refractivity contribution in [1.29, 1.82) is 0 Å². The summed E-state index contributed by atoms with van der Waals surface area (Å²) in [6.45, 7) is 4.33. The van der Waals surface area contributed by atoms with Crippen molar-refractivity contribution in [3.05, 3.63) is 33.9 Å². The fourth-order valence-corrected chi connectivity index (χ4v) is 2.09. The van der Waals surface area contributed by atoms with Gasteiger partial charge in [0.25, 0.3) is 0 Å². The first kappa shape index (κ1) is 14.8. The van der Waals surface area contributed by atoms with E-state index < -0.39 is 0 Å². The molecule has 0 aliphatic heterocycles. The molecule has 0 saturated heterocycles. The van der Waals surface area contributed by atoms with Gasteiger partial charge in [0, 0.05) is 12.6 Å². The standard InChI is InChI=1S/C15H22N2O3/c1-2-8-16-11-13-5-6-14(17(18)19)15(10-13)20-9-7-12-3-4-12/h5-6,10,12,16H,2-4,7-9,11H2,1H3. The van der Waals surface area contributed by atoms with Gasteiger partial charge in [0.05, 0.1) is 11.5 Å². The van der Waals surface area contributed by atoms with E-state index in [2.05, 4.69) is 12.2 Å². The van der Waals surface area contributed by atoms with Crippen molar-refractivity contribution in [1.82, 2.24) is 5.32 Å². The van der Waals surface area contributed by atoms with Crippen LogP contribution in [0.2, 0.25) is 0 Å². The van der Waals surface area contributed by atoms with Gasteiger partial charge >= 0.3 is 5.69 Å². The van der Waals surface area contributed by atoms with Crippen LogP contribution in [0.15, 0.2) is 18.2 Å². The molecule has 5 nitrogen and oxygen atoms in total. The molecule has 0 heterocycles. The highest BCUT2D eigenvalue weighted by atomic mass is 16.6. The molecule has 1 N–H and O–H groups in total. The summed E-state index contributed by atoms with van der Waals surface area (Å²) in [5.74, 6) is 1.16. The summed E-state index contributed by atoms with van der Waals surface area (Å²) >= 11 is 0. The van der Waals surface area contributed by atoms with E-state index in [1.165, 1.54) is 18.9 Å². The first-order chi connectivity index (χ1) is 9.70. The fraction of sp³-hybridized carbons (Fsp3) is 0.600. The number of hydrogen-bond donors (Lipinski definition) is 1. The zero-order valence-corrected chi connectivity index (χ0v) is 11.9. The van der Waals surface area contributed by atoms with Crippen LogP contribution in [0.5, 0.6) is 5.75 Å². The highest BCUT2D eigenvalue weighted by Gasteiger charge is 2.22. The molecule has 5 heteroatoms. The average Bonchev–Trinajstić information content (AvgIpc) is 3.23. The molecule has 1 aromatic carbocycles. The van der Waals surface area contributed by atoms with E-state index in [4.69, 9.17) is 4.74 Å². The summed E-state index contributed by atoms with van der Waals surface area (Å²) in [6.07, 6.45) is 4.60. The maximum atomic E-state index is 11.0. The van der Waals surface area contributed by atoms with E-state index in [1.54, 1.807) is 12.1 Å². The molecule has 0 aromatic heterocycles. The van der Waals surface area contributed by atoms with Gasteiger partial charge in [0.15, 0.2) is 5.75 Å². The molecule has 0 unspecified atom stereocenters. The van der Waals surface area contributed by atoms with E-state index >= 15 is 0 Å². The van der Waals surface area contributed by atoms with Crippen molar-refractivity contribution >= 4 is 5.69 Å². The average molecular weight is 278 g/mol. The van der Waals surface area contributed by atoms with E-state index in [-0.39, 0.29) is 10.6 Å². The first-order valence-electron chi connectivity index (χ1n) is 7.31. The lowest BCUT2D eigenvalue weighted by atomic mass is 10.2. The summed E-state index contributed by atoms with van der Waals surface area (Å²) in [6, 6.07) is 5.11. The molecule has 0 radical (unpaired) electrons. The summed E-state index contributed by atoms with van der Waals surface area (Å²) in [7, 11) is 0. The quantitative estimate of drug-likeness (QED) is 0.428. The Kier molecular flexibility index (Phi) is 5.35. The number of benzene rings is 1. The Labute approximate surface area is 119 Å². The number of nitro groups is 1. The maximum Gasteiger partial charge on any atom is 0.310 e. The second kappa shape index (κ2) is 7.24. The van der Waals surface area contributed by atoms with Crippen molar-refractivity contribution < 1.29 is 9.66 Å². The van der Waals surface area contributed by atoms with Gasteiger partial charge in [0.1, 0.15) is 0 Å². The molecule has 1 aromatic rings. The molecule has 20 heavy (non-hydrogen) atoms. The lowest BCUT2D eigenvalue weighted by Crippen LogP contribution is -2.14. The van der Waals surface area contributed by atoms with Crippen molar-refractivity contribution in [2.45, 2.75) is 39.2 Å². The van der Waals surface area contributed by atoms with E-state index in [0.29, 0.717) is 18.9 Å². The van der Waals surface area contributed by atoms with Crippen LogP contribution in [0.3, 0.4) is 0 Å². The summed E-state index contributed by atoms with van der Waals surface area (Å²) < 4.78 is 5.63.